The fourth-order valence-electron chi connectivity index (χ4n) is 0.824. The van der Waals surface area contributed by atoms with Crippen molar-refractivity contribution in [1.82, 2.24) is 9.97 Å². The van der Waals surface area contributed by atoms with E-state index in [0.717, 1.165) is 5.69 Å². The summed E-state index contributed by atoms with van der Waals surface area (Å²) in [4.78, 5) is 8.06. The van der Waals surface area contributed by atoms with Crippen LogP contribution in [0.4, 0.5) is 0 Å². The predicted molar refractivity (Wildman–Crippen MR) is 43.8 cm³/mol. The molecule has 1 aromatic rings. The number of rotatable bonds is 2. The standard InChI is InChI=1S/C8H13N3/c1-6(2)8(9)7-5-10-3-4-11-7/h3-6,8H,9H2,1-2H3/t8-/m1/s1. The van der Waals surface area contributed by atoms with E-state index in [-0.39, 0.29) is 6.04 Å². The Morgan fingerprint density at radius 1 is 1.36 bits per heavy atom. The van der Waals surface area contributed by atoms with Crippen LogP contribution in [0.15, 0.2) is 18.6 Å². The summed E-state index contributed by atoms with van der Waals surface area (Å²) in [7, 11) is 0. The Kier molecular flexibility index (Phi) is 2.54. The molecule has 1 aromatic heterocycles. The van der Waals surface area contributed by atoms with Crippen LogP contribution >= 0.6 is 0 Å². The van der Waals surface area contributed by atoms with Crippen LogP contribution in [0.2, 0.25) is 0 Å². The summed E-state index contributed by atoms with van der Waals surface area (Å²) in [6, 6.07) is 0.00343. The minimum atomic E-state index is 0.00343. The highest BCUT2D eigenvalue weighted by atomic mass is 14.8. The number of aromatic nitrogens is 2. The van der Waals surface area contributed by atoms with Crippen LogP contribution in [0.25, 0.3) is 0 Å². The van der Waals surface area contributed by atoms with Crippen molar-refractivity contribution < 1.29 is 0 Å². The second kappa shape index (κ2) is 3.44. The summed E-state index contributed by atoms with van der Waals surface area (Å²) in [5.41, 5.74) is 6.70. The van der Waals surface area contributed by atoms with Gasteiger partial charge in [-0.2, -0.15) is 0 Å². The van der Waals surface area contributed by atoms with Crippen LogP contribution in [0.5, 0.6) is 0 Å². The van der Waals surface area contributed by atoms with Crippen molar-refractivity contribution in [2.45, 2.75) is 19.9 Å². The minimum absolute atomic E-state index is 0.00343. The summed E-state index contributed by atoms with van der Waals surface area (Å²) in [6.07, 6.45) is 5.03. The van der Waals surface area contributed by atoms with Crippen molar-refractivity contribution in [1.29, 1.82) is 0 Å². The van der Waals surface area contributed by atoms with Crippen molar-refractivity contribution in [3.8, 4) is 0 Å². The molecule has 1 heterocycles. The fourth-order valence-corrected chi connectivity index (χ4v) is 0.824. The molecule has 0 amide bonds. The van der Waals surface area contributed by atoms with E-state index in [1.165, 1.54) is 0 Å². The van der Waals surface area contributed by atoms with Crippen molar-refractivity contribution in [2.24, 2.45) is 11.7 Å². The van der Waals surface area contributed by atoms with Gasteiger partial charge in [0.2, 0.25) is 0 Å². The molecular weight excluding hydrogens is 138 g/mol. The zero-order chi connectivity index (χ0) is 8.27. The van der Waals surface area contributed by atoms with Gasteiger partial charge in [0, 0.05) is 18.6 Å². The monoisotopic (exact) mass is 151 g/mol. The van der Waals surface area contributed by atoms with Crippen LogP contribution < -0.4 is 5.73 Å². The first kappa shape index (κ1) is 8.14. The predicted octanol–water partition coefficient (Wildman–Crippen LogP) is 1.13. The lowest BCUT2D eigenvalue weighted by molar-refractivity contribution is 0.501. The van der Waals surface area contributed by atoms with Gasteiger partial charge in [-0.1, -0.05) is 13.8 Å². The van der Waals surface area contributed by atoms with Crippen molar-refractivity contribution in [3.05, 3.63) is 24.3 Å². The zero-order valence-electron chi connectivity index (χ0n) is 6.86. The summed E-state index contributed by atoms with van der Waals surface area (Å²) in [5.74, 6) is 0.409. The van der Waals surface area contributed by atoms with Gasteiger partial charge in [0.25, 0.3) is 0 Å². The Labute approximate surface area is 66.7 Å². The van der Waals surface area contributed by atoms with E-state index in [2.05, 4.69) is 23.8 Å². The van der Waals surface area contributed by atoms with Crippen molar-refractivity contribution in [2.75, 3.05) is 0 Å². The number of hydrogen-bond acceptors (Lipinski definition) is 3. The third kappa shape index (κ3) is 1.98. The second-order valence-corrected chi connectivity index (χ2v) is 2.90. The first-order valence-electron chi connectivity index (χ1n) is 3.73. The Hall–Kier alpha value is -0.960. The molecular formula is C8H13N3. The molecule has 0 bridgehead atoms. The third-order valence-electron chi connectivity index (χ3n) is 1.64. The SMILES string of the molecule is CC(C)[C@@H](N)c1cnccn1. The Balaban J connectivity index is 2.77. The molecule has 60 valence electrons. The molecule has 0 aliphatic heterocycles. The molecule has 0 unspecified atom stereocenters. The maximum absolute atomic E-state index is 5.84. The molecule has 1 rings (SSSR count). The van der Waals surface area contributed by atoms with Crippen LogP contribution in [0.1, 0.15) is 25.6 Å². The second-order valence-electron chi connectivity index (χ2n) is 2.90. The smallest absolute Gasteiger partial charge is 0.0756 e. The highest BCUT2D eigenvalue weighted by molar-refractivity contribution is 5.01. The quantitative estimate of drug-likeness (QED) is 0.689. The molecule has 0 fully saturated rings. The van der Waals surface area contributed by atoms with E-state index in [0.29, 0.717) is 5.92 Å². The number of hydrogen-bond donors (Lipinski definition) is 1. The van der Waals surface area contributed by atoms with Gasteiger partial charge in [0.05, 0.1) is 11.7 Å². The molecule has 0 spiro atoms. The third-order valence-corrected chi connectivity index (χ3v) is 1.64. The maximum Gasteiger partial charge on any atom is 0.0756 e. The van der Waals surface area contributed by atoms with E-state index in [4.69, 9.17) is 5.73 Å². The average molecular weight is 151 g/mol. The minimum Gasteiger partial charge on any atom is -0.322 e. The zero-order valence-corrected chi connectivity index (χ0v) is 6.86. The molecule has 0 saturated carbocycles. The van der Waals surface area contributed by atoms with E-state index >= 15 is 0 Å². The highest BCUT2D eigenvalue weighted by Gasteiger charge is 2.10. The topological polar surface area (TPSA) is 51.8 Å². The van der Waals surface area contributed by atoms with E-state index < -0.39 is 0 Å². The molecule has 3 nitrogen and oxygen atoms in total. The normalized spacial score (nSPS) is 13.5. The largest absolute Gasteiger partial charge is 0.322 e. The van der Waals surface area contributed by atoms with E-state index in [1.807, 2.05) is 0 Å². The van der Waals surface area contributed by atoms with E-state index in [1.54, 1.807) is 18.6 Å². The van der Waals surface area contributed by atoms with Gasteiger partial charge in [-0.15, -0.1) is 0 Å². The van der Waals surface area contributed by atoms with Gasteiger partial charge in [0.1, 0.15) is 0 Å². The molecule has 0 aliphatic rings. The van der Waals surface area contributed by atoms with Gasteiger partial charge in [-0.05, 0) is 5.92 Å². The molecule has 0 aromatic carbocycles. The molecule has 1 atom stereocenters. The summed E-state index contributed by atoms with van der Waals surface area (Å²) in [5, 5.41) is 0. The molecule has 0 aliphatic carbocycles. The first-order chi connectivity index (χ1) is 5.22. The van der Waals surface area contributed by atoms with Gasteiger partial charge >= 0.3 is 0 Å². The lowest BCUT2D eigenvalue weighted by Crippen LogP contribution is -2.17. The summed E-state index contributed by atoms with van der Waals surface area (Å²) < 4.78 is 0. The van der Waals surface area contributed by atoms with Crippen LogP contribution in [0.3, 0.4) is 0 Å². The average Bonchev–Trinajstić information content (AvgIpc) is 2.05. The van der Waals surface area contributed by atoms with Gasteiger partial charge in [-0.3, -0.25) is 9.97 Å². The number of nitrogens with zero attached hydrogens (tertiary/aromatic N) is 2. The molecule has 11 heavy (non-hydrogen) atoms. The lowest BCUT2D eigenvalue weighted by atomic mass is 10.0. The van der Waals surface area contributed by atoms with Crippen molar-refractivity contribution in [3.63, 3.8) is 0 Å². The van der Waals surface area contributed by atoms with Crippen LogP contribution in [-0.2, 0) is 0 Å². The lowest BCUT2D eigenvalue weighted by Gasteiger charge is -2.13. The van der Waals surface area contributed by atoms with Gasteiger partial charge in [-0.25, -0.2) is 0 Å². The Morgan fingerprint density at radius 2 is 2.09 bits per heavy atom. The van der Waals surface area contributed by atoms with Crippen LogP contribution in [0, 0.1) is 5.92 Å². The van der Waals surface area contributed by atoms with Gasteiger partial charge in [0.15, 0.2) is 0 Å². The molecule has 0 radical (unpaired) electrons. The highest BCUT2D eigenvalue weighted by Crippen LogP contribution is 2.14. The maximum atomic E-state index is 5.84. The first-order valence-corrected chi connectivity index (χ1v) is 3.73. The molecule has 3 heteroatoms. The fraction of sp³-hybridized carbons (Fsp3) is 0.500. The van der Waals surface area contributed by atoms with Gasteiger partial charge < -0.3 is 5.73 Å². The Morgan fingerprint density at radius 3 is 2.55 bits per heavy atom. The number of nitrogens with two attached hydrogens (primary N) is 1. The molecule has 2 N–H and O–H groups in total. The van der Waals surface area contributed by atoms with E-state index in [9.17, 15) is 0 Å². The summed E-state index contributed by atoms with van der Waals surface area (Å²) >= 11 is 0. The van der Waals surface area contributed by atoms with Crippen LogP contribution in [-0.4, -0.2) is 9.97 Å². The molecule has 0 saturated heterocycles. The summed E-state index contributed by atoms with van der Waals surface area (Å²) in [6.45, 7) is 4.14. The Bertz CT molecular complexity index is 208. The van der Waals surface area contributed by atoms with Crippen molar-refractivity contribution >= 4 is 0 Å².